The van der Waals surface area contributed by atoms with Crippen LogP contribution in [0.25, 0.3) is 0 Å². The van der Waals surface area contributed by atoms with Crippen molar-refractivity contribution in [2.45, 2.75) is 41.4 Å². The van der Waals surface area contributed by atoms with Gasteiger partial charge in [0.1, 0.15) is 0 Å². The van der Waals surface area contributed by atoms with Gasteiger partial charge in [0.05, 0.1) is 6.42 Å². The normalized spacial score (nSPS) is 48.4. The minimum absolute atomic E-state index is 2.33. The summed E-state index contributed by atoms with van der Waals surface area (Å²) in [7, 11) is 0. The Morgan fingerprint density at radius 3 is 1.35 bits per heavy atom. The molecule has 10 heteroatoms. The average Bonchev–Trinajstić information content (AvgIpc) is 2.43. The van der Waals surface area contributed by atoms with Crippen molar-refractivity contribution >= 4 is 0 Å². The summed E-state index contributed by atoms with van der Waals surface area (Å²) in [5.74, 6) is -11.4. The Morgan fingerprint density at radius 2 is 1.18 bits per heavy atom. The Labute approximate surface area is 86.6 Å². The van der Waals surface area contributed by atoms with Crippen molar-refractivity contribution in [1.82, 2.24) is 0 Å². The summed E-state index contributed by atoms with van der Waals surface area (Å²) in [6.45, 7) is 0. The first kappa shape index (κ1) is 12.7. The molecular formula is C7H2F10. The first-order valence-electron chi connectivity index (χ1n) is 4.10. The van der Waals surface area contributed by atoms with Crippen molar-refractivity contribution < 1.29 is 43.9 Å². The highest BCUT2D eigenvalue weighted by Gasteiger charge is 3.16. The molecule has 2 saturated carbocycles. The molecule has 3 atom stereocenters. The SMILES string of the molecule is FC(F)(F)C(F)(F)C1(F)C2(F)CC(F)(F)C21F. The predicted octanol–water partition coefficient (Wildman–Crippen LogP) is 3.36. The van der Waals surface area contributed by atoms with Gasteiger partial charge < -0.3 is 0 Å². The second-order valence-corrected chi connectivity index (χ2v) is 4.07. The highest BCUT2D eigenvalue weighted by Crippen LogP contribution is 2.87. The molecule has 2 aliphatic carbocycles. The fourth-order valence-electron chi connectivity index (χ4n) is 2.28. The number of fused-ring (bicyclic) bond motifs is 1. The number of rotatable bonds is 1. The van der Waals surface area contributed by atoms with E-state index in [1.165, 1.54) is 0 Å². The van der Waals surface area contributed by atoms with Crippen LogP contribution in [0.3, 0.4) is 0 Å². The van der Waals surface area contributed by atoms with Crippen molar-refractivity contribution in [1.29, 1.82) is 0 Å². The van der Waals surface area contributed by atoms with E-state index >= 15 is 0 Å². The lowest BCUT2D eigenvalue weighted by molar-refractivity contribution is -0.319. The lowest BCUT2D eigenvalue weighted by atomic mass is 9.90. The minimum atomic E-state index is -6.66. The van der Waals surface area contributed by atoms with Crippen molar-refractivity contribution in [2.75, 3.05) is 0 Å². The van der Waals surface area contributed by atoms with E-state index in [0.717, 1.165) is 0 Å². The van der Waals surface area contributed by atoms with Crippen LogP contribution in [0.2, 0.25) is 0 Å². The minimum Gasteiger partial charge on any atom is -0.236 e. The largest absolute Gasteiger partial charge is 0.457 e. The van der Waals surface area contributed by atoms with Gasteiger partial charge in [-0.05, 0) is 0 Å². The van der Waals surface area contributed by atoms with Crippen molar-refractivity contribution in [2.24, 2.45) is 0 Å². The second-order valence-electron chi connectivity index (χ2n) is 4.07. The van der Waals surface area contributed by atoms with Crippen LogP contribution in [0.4, 0.5) is 43.9 Å². The Hall–Kier alpha value is -0.700. The molecule has 0 N–H and O–H groups in total. The van der Waals surface area contributed by atoms with E-state index in [1.54, 1.807) is 0 Å². The van der Waals surface area contributed by atoms with Crippen molar-refractivity contribution in [3.8, 4) is 0 Å². The topological polar surface area (TPSA) is 0 Å². The number of alkyl halides is 10. The molecule has 0 nitrogen and oxygen atoms in total. The monoisotopic (exact) mass is 276 g/mol. The van der Waals surface area contributed by atoms with Crippen molar-refractivity contribution in [3.05, 3.63) is 0 Å². The molecule has 0 amide bonds. The summed E-state index contributed by atoms with van der Waals surface area (Å²) in [6, 6.07) is 0. The van der Waals surface area contributed by atoms with E-state index in [4.69, 9.17) is 0 Å². The molecule has 0 aromatic rings. The van der Waals surface area contributed by atoms with Gasteiger partial charge in [0, 0.05) is 0 Å². The number of halogens is 10. The fourth-order valence-corrected chi connectivity index (χ4v) is 2.28. The maximum Gasteiger partial charge on any atom is 0.457 e. The van der Waals surface area contributed by atoms with Crippen LogP contribution in [-0.2, 0) is 0 Å². The van der Waals surface area contributed by atoms with Gasteiger partial charge in [0.2, 0.25) is 5.67 Å². The summed E-state index contributed by atoms with van der Waals surface area (Å²) in [5.41, 5.74) is -15.2. The zero-order valence-corrected chi connectivity index (χ0v) is 7.49. The van der Waals surface area contributed by atoms with Crippen molar-refractivity contribution in [3.63, 3.8) is 0 Å². The molecule has 0 spiro atoms. The van der Waals surface area contributed by atoms with Gasteiger partial charge in [-0.3, -0.25) is 0 Å². The maximum absolute atomic E-state index is 13.2. The number of hydrogen-bond donors (Lipinski definition) is 0. The van der Waals surface area contributed by atoms with E-state index in [1.807, 2.05) is 0 Å². The smallest absolute Gasteiger partial charge is 0.236 e. The van der Waals surface area contributed by atoms with Gasteiger partial charge in [0.15, 0.2) is 0 Å². The van der Waals surface area contributed by atoms with Crippen LogP contribution in [0.15, 0.2) is 0 Å². The third-order valence-electron chi connectivity index (χ3n) is 3.26. The van der Waals surface area contributed by atoms with Gasteiger partial charge in [-0.25, -0.2) is 22.0 Å². The van der Waals surface area contributed by atoms with Crippen LogP contribution >= 0.6 is 0 Å². The Bertz CT molecular complexity index is 385. The highest BCUT2D eigenvalue weighted by atomic mass is 19.4. The molecule has 0 saturated heterocycles. The summed E-state index contributed by atoms with van der Waals surface area (Å²) in [6.07, 6.45) is -8.99. The Balaban J connectivity index is 2.50. The number of hydrogen-bond acceptors (Lipinski definition) is 0. The van der Waals surface area contributed by atoms with E-state index < -0.39 is 41.4 Å². The van der Waals surface area contributed by atoms with Gasteiger partial charge >= 0.3 is 12.1 Å². The quantitative estimate of drug-likeness (QED) is 0.644. The van der Waals surface area contributed by atoms with E-state index in [9.17, 15) is 43.9 Å². The van der Waals surface area contributed by atoms with Crippen LogP contribution in [0.1, 0.15) is 6.42 Å². The molecule has 2 rings (SSSR count). The molecule has 2 aliphatic rings. The van der Waals surface area contributed by atoms with Gasteiger partial charge in [-0.1, -0.05) is 0 Å². The van der Waals surface area contributed by atoms with E-state index in [0.29, 0.717) is 0 Å². The lowest BCUT2D eigenvalue weighted by Gasteiger charge is -2.30. The van der Waals surface area contributed by atoms with E-state index in [-0.39, 0.29) is 0 Å². The molecule has 2 fully saturated rings. The highest BCUT2D eigenvalue weighted by molar-refractivity contribution is 5.54. The molecule has 3 unspecified atom stereocenters. The molecule has 0 bridgehead atoms. The molecule has 0 radical (unpaired) electrons. The molecule has 0 aromatic heterocycles. The molecule has 0 aliphatic heterocycles. The zero-order valence-electron chi connectivity index (χ0n) is 7.49. The van der Waals surface area contributed by atoms with Crippen LogP contribution in [-0.4, -0.2) is 35.0 Å². The molecule has 0 heterocycles. The van der Waals surface area contributed by atoms with Gasteiger partial charge in [-0.2, -0.15) is 22.0 Å². The van der Waals surface area contributed by atoms with Crippen LogP contribution in [0, 0.1) is 0 Å². The first-order valence-corrected chi connectivity index (χ1v) is 4.10. The fraction of sp³-hybridized carbons (Fsp3) is 1.00. The van der Waals surface area contributed by atoms with Gasteiger partial charge in [0.25, 0.3) is 17.3 Å². The first-order chi connectivity index (χ1) is 7.21. The average molecular weight is 276 g/mol. The Morgan fingerprint density at radius 1 is 0.765 bits per heavy atom. The summed E-state index contributed by atoms with van der Waals surface area (Å²) >= 11 is 0. The third kappa shape index (κ3) is 0.824. The molecular weight excluding hydrogens is 274 g/mol. The summed E-state index contributed by atoms with van der Waals surface area (Å²) in [5, 5.41) is 0. The molecule has 0 aromatic carbocycles. The van der Waals surface area contributed by atoms with Gasteiger partial charge in [-0.15, -0.1) is 0 Å². The lowest BCUT2D eigenvalue weighted by Crippen LogP contribution is -2.53. The molecule has 17 heavy (non-hydrogen) atoms. The standard InChI is InChI=1S/C7H2F10/c8-2-1-3(9,10)4(2,11)5(2,12)6(13,14)7(15,16)17/h1H2. The van der Waals surface area contributed by atoms with Crippen LogP contribution in [0.5, 0.6) is 0 Å². The molecule has 100 valence electrons. The zero-order chi connectivity index (χ0) is 13.7. The third-order valence-corrected chi connectivity index (χ3v) is 3.26. The second kappa shape index (κ2) is 2.37. The van der Waals surface area contributed by atoms with E-state index in [2.05, 4.69) is 0 Å². The summed E-state index contributed by atoms with van der Waals surface area (Å²) in [4.78, 5) is 0. The predicted molar refractivity (Wildman–Crippen MR) is 32.1 cm³/mol. The maximum atomic E-state index is 13.2. The summed E-state index contributed by atoms with van der Waals surface area (Å²) < 4.78 is 125. The van der Waals surface area contributed by atoms with Crippen LogP contribution < -0.4 is 0 Å². The Kier molecular flexibility index (Phi) is 1.78.